The fourth-order valence-electron chi connectivity index (χ4n) is 2.93. The highest BCUT2D eigenvalue weighted by atomic mass is 32.2. The van der Waals surface area contributed by atoms with Crippen LogP contribution in [0, 0.1) is 0 Å². The molecule has 0 N–H and O–H groups in total. The van der Waals surface area contributed by atoms with Gasteiger partial charge in [0.1, 0.15) is 17.2 Å². The Balaban J connectivity index is 1.92. The second kappa shape index (κ2) is 8.77. The molecule has 30 heavy (non-hydrogen) atoms. The lowest BCUT2D eigenvalue weighted by Crippen LogP contribution is -2.29. The molecule has 0 saturated heterocycles. The van der Waals surface area contributed by atoms with Gasteiger partial charge in [0.25, 0.3) is 0 Å². The van der Waals surface area contributed by atoms with E-state index in [0.717, 1.165) is 21.5 Å². The van der Waals surface area contributed by atoms with Gasteiger partial charge in [-0.25, -0.2) is 4.21 Å². The molecule has 0 fully saturated rings. The molecule has 1 unspecified atom stereocenters. The first kappa shape index (κ1) is 22.3. The Morgan fingerprint density at radius 3 is 2.33 bits per heavy atom. The van der Waals surface area contributed by atoms with Gasteiger partial charge in [-0.2, -0.15) is 0 Å². The summed E-state index contributed by atoms with van der Waals surface area (Å²) in [6.07, 6.45) is 1.72. The van der Waals surface area contributed by atoms with Crippen molar-refractivity contribution in [1.82, 2.24) is 4.98 Å². The topological polar surface area (TPSA) is 60.8 Å². The molecule has 0 aliphatic heterocycles. The van der Waals surface area contributed by atoms with Crippen LogP contribution in [0.3, 0.4) is 0 Å². The predicted molar refractivity (Wildman–Crippen MR) is 127 cm³/mol. The highest BCUT2D eigenvalue weighted by Gasteiger charge is 2.28. The molecule has 0 spiro atoms. The summed E-state index contributed by atoms with van der Waals surface area (Å²) in [6.45, 7) is 10.6. The molecular formula is C23H30N2O3SSi. The molecule has 0 radical (unpaired) electrons. The van der Waals surface area contributed by atoms with Gasteiger partial charge in [-0.05, 0) is 61.1 Å². The molecule has 3 aromatic rings. The molecule has 5 nitrogen and oxygen atoms in total. The van der Waals surface area contributed by atoms with Gasteiger partial charge in [-0.1, -0.05) is 20.8 Å². The van der Waals surface area contributed by atoms with Gasteiger partial charge in [0.15, 0.2) is 8.24 Å². The monoisotopic (exact) mass is 442 g/mol. The predicted octanol–water partition coefficient (Wildman–Crippen LogP) is 6.50. The first-order valence-corrected chi connectivity index (χ1v) is 14.9. The lowest BCUT2D eigenvalue weighted by Gasteiger charge is -2.24. The van der Waals surface area contributed by atoms with Gasteiger partial charge >= 0.3 is 0 Å². The summed E-state index contributed by atoms with van der Waals surface area (Å²) in [5, 5.41) is 0.902. The first-order valence-electron chi connectivity index (χ1n) is 10.1. The highest BCUT2D eigenvalue weighted by Crippen LogP contribution is 2.32. The third-order valence-corrected chi connectivity index (χ3v) is 13.2. The number of rotatable bonds is 7. The normalized spacial score (nSPS) is 13.8. The minimum atomic E-state index is -2.43. The van der Waals surface area contributed by atoms with Crippen LogP contribution in [-0.4, -0.2) is 30.3 Å². The molecule has 0 saturated carbocycles. The molecule has 3 rings (SSSR count). The van der Waals surface area contributed by atoms with E-state index in [9.17, 15) is 4.21 Å². The van der Waals surface area contributed by atoms with Crippen LogP contribution in [0.15, 0.2) is 63.7 Å². The Labute approximate surface area is 180 Å². The van der Waals surface area contributed by atoms with Crippen molar-refractivity contribution in [2.24, 2.45) is 4.03 Å². The molecular weight excluding hydrogens is 412 g/mol. The minimum Gasteiger partial charge on any atom is -0.497 e. The van der Waals surface area contributed by atoms with Crippen molar-refractivity contribution in [3.05, 3.63) is 54.7 Å². The average Bonchev–Trinajstić information content (AvgIpc) is 2.73. The van der Waals surface area contributed by atoms with Crippen LogP contribution in [0.1, 0.15) is 20.8 Å². The van der Waals surface area contributed by atoms with Gasteiger partial charge in [0.2, 0.25) is 0 Å². The lowest BCUT2D eigenvalue weighted by molar-refractivity contribution is 0.415. The zero-order chi connectivity index (χ0) is 21.9. The molecule has 0 aliphatic rings. The van der Waals surface area contributed by atoms with Crippen molar-refractivity contribution in [2.45, 2.75) is 44.3 Å². The third-order valence-electron chi connectivity index (χ3n) is 5.52. The van der Waals surface area contributed by atoms with E-state index in [1.54, 1.807) is 13.3 Å². The summed E-state index contributed by atoms with van der Waals surface area (Å²) in [5.74, 6) is 2.65. The summed E-state index contributed by atoms with van der Waals surface area (Å²) in [4.78, 5) is 5.16. The molecule has 0 aliphatic carbocycles. The van der Waals surface area contributed by atoms with Gasteiger partial charge in [0, 0.05) is 28.3 Å². The fourth-order valence-corrected chi connectivity index (χ4v) is 8.65. The highest BCUT2D eigenvalue weighted by molar-refractivity contribution is 7.94. The maximum Gasteiger partial charge on any atom is 0.190 e. The quantitative estimate of drug-likeness (QED) is 0.392. The van der Waals surface area contributed by atoms with E-state index in [2.05, 4.69) is 31.9 Å². The van der Waals surface area contributed by atoms with Crippen molar-refractivity contribution in [3.8, 4) is 17.2 Å². The number of pyridine rings is 1. The van der Waals surface area contributed by atoms with Crippen LogP contribution in [-0.2, 0) is 9.73 Å². The van der Waals surface area contributed by atoms with Crippen LogP contribution in [0.5, 0.6) is 17.2 Å². The van der Waals surface area contributed by atoms with E-state index >= 15 is 0 Å². The van der Waals surface area contributed by atoms with Crippen molar-refractivity contribution >= 4 is 28.9 Å². The maximum absolute atomic E-state index is 13.6. The largest absolute Gasteiger partial charge is 0.497 e. The Bertz CT molecular complexity index is 1150. The Morgan fingerprint density at radius 1 is 1.07 bits per heavy atom. The van der Waals surface area contributed by atoms with E-state index in [1.807, 2.05) is 55.5 Å². The van der Waals surface area contributed by atoms with Crippen molar-refractivity contribution < 1.29 is 13.7 Å². The van der Waals surface area contributed by atoms with Crippen LogP contribution < -0.4 is 9.47 Å². The van der Waals surface area contributed by atoms with Gasteiger partial charge < -0.3 is 9.47 Å². The fraction of sp³-hybridized carbons (Fsp3) is 0.348. The number of hydrogen-bond acceptors (Lipinski definition) is 5. The van der Waals surface area contributed by atoms with Gasteiger partial charge in [-0.15, -0.1) is 0 Å². The number of nitrogens with zero attached hydrogens (tertiary/aromatic N) is 2. The number of hydrogen-bond donors (Lipinski definition) is 0. The second-order valence-electron chi connectivity index (χ2n) is 8.09. The van der Waals surface area contributed by atoms with Crippen LogP contribution in [0.25, 0.3) is 10.9 Å². The van der Waals surface area contributed by atoms with E-state index in [4.69, 9.17) is 13.5 Å². The second-order valence-corrected chi connectivity index (χ2v) is 15.6. The smallest absolute Gasteiger partial charge is 0.190 e. The van der Waals surface area contributed by atoms with Crippen molar-refractivity contribution in [1.29, 1.82) is 0 Å². The summed E-state index contributed by atoms with van der Waals surface area (Å²) in [6, 6.07) is 15.0. The summed E-state index contributed by atoms with van der Waals surface area (Å²) >= 11 is 0. The van der Waals surface area contributed by atoms with E-state index in [1.165, 1.54) is 0 Å². The molecule has 0 amide bonds. The van der Waals surface area contributed by atoms with E-state index < -0.39 is 18.0 Å². The maximum atomic E-state index is 13.6. The lowest BCUT2D eigenvalue weighted by atomic mass is 10.2. The molecule has 1 aromatic heterocycles. The number of methoxy groups -OCH3 is 1. The summed E-state index contributed by atoms with van der Waals surface area (Å²) in [7, 11) is -2.73. The standard InChI is InChI=1S/C23H30N2O3SSi/c1-7-29(26,25-30(5,6)17(2)3)20-11-8-18(9-12-20)28-23-14-15-24-22-16-19(27-4)10-13-21(22)23/h8-17H,7H2,1-6H3. The zero-order valence-corrected chi connectivity index (χ0v) is 20.3. The van der Waals surface area contributed by atoms with E-state index in [0.29, 0.717) is 22.8 Å². The molecule has 2 aromatic carbocycles. The third kappa shape index (κ3) is 4.68. The zero-order valence-electron chi connectivity index (χ0n) is 18.5. The van der Waals surface area contributed by atoms with Gasteiger partial charge in [-0.3, -0.25) is 9.01 Å². The number of ether oxygens (including phenoxy) is 2. The Morgan fingerprint density at radius 2 is 1.73 bits per heavy atom. The number of benzene rings is 2. The SMILES string of the molecule is CCS(=O)(=N[Si](C)(C)C(C)C)c1ccc(Oc2ccnc3cc(OC)ccc23)cc1. The molecule has 0 bridgehead atoms. The average molecular weight is 443 g/mol. The van der Waals surface area contributed by atoms with E-state index in [-0.39, 0.29) is 0 Å². The number of fused-ring (bicyclic) bond motifs is 1. The van der Waals surface area contributed by atoms with Crippen LogP contribution in [0.2, 0.25) is 18.6 Å². The molecule has 7 heteroatoms. The summed E-state index contributed by atoms with van der Waals surface area (Å²) in [5.41, 5.74) is 1.24. The Hall–Kier alpha value is -2.38. The van der Waals surface area contributed by atoms with Crippen molar-refractivity contribution in [2.75, 3.05) is 12.9 Å². The molecule has 1 heterocycles. The van der Waals surface area contributed by atoms with Crippen LogP contribution >= 0.6 is 0 Å². The van der Waals surface area contributed by atoms with Crippen molar-refractivity contribution in [3.63, 3.8) is 0 Å². The first-order chi connectivity index (χ1) is 14.2. The van der Waals surface area contributed by atoms with Crippen LogP contribution in [0.4, 0.5) is 0 Å². The van der Waals surface area contributed by atoms with Gasteiger partial charge in [0.05, 0.1) is 22.4 Å². The summed E-state index contributed by atoms with van der Waals surface area (Å²) < 4.78 is 29.9. The molecule has 160 valence electrons. The molecule has 1 atom stereocenters. The minimum absolute atomic E-state index is 0.436. The number of aromatic nitrogens is 1. The Kier molecular flexibility index (Phi) is 6.52.